The number of benzene rings is 1. The van der Waals surface area contributed by atoms with Crippen molar-refractivity contribution in [3.63, 3.8) is 0 Å². The van der Waals surface area contributed by atoms with Crippen LogP contribution in [0.25, 0.3) is 21.0 Å². The molecule has 0 aliphatic heterocycles. The topological polar surface area (TPSA) is 64.7 Å². The molecule has 0 atom stereocenters. The molecule has 0 bridgehead atoms. The monoisotopic (exact) mass is 262 g/mol. The van der Waals surface area contributed by atoms with Crippen LogP contribution in [0.3, 0.4) is 0 Å². The van der Waals surface area contributed by atoms with Crippen LogP contribution < -0.4 is 5.73 Å². The van der Waals surface area contributed by atoms with Crippen molar-refractivity contribution in [2.24, 2.45) is 0 Å². The highest BCUT2D eigenvalue weighted by Gasteiger charge is 2.08. The van der Waals surface area contributed by atoms with Gasteiger partial charge in [-0.25, -0.2) is 15.0 Å². The van der Waals surface area contributed by atoms with Crippen LogP contribution in [0, 0.1) is 0 Å². The Kier molecular flexibility index (Phi) is 2.42. The summed E-state index contributed by atoms with van der Waals surface area (Å²) < 4.78 is 0. The van der Waals surface area contributed by atoms with Crippen LogP contribution >= 0.6 is 22.9 Å². The number of anilines is 1. The lowest BCUT2D eigenvalue weighted by Crippen LogP contribution is -1.86. The number of nitrogens with two attached hydrogens (primary N) is 1. The zero-order chi connectivity index (χ0) is 11.8. The maximum Gasteiger partial charge on any atom is 0.190 e. The van der Waals surface area contributed by atoms with Gasteiger partial charge in [0, 0.05) is 18.0 Å². The Morgan fingerprint density at radius 3 is 2.76 bits per heavy atom. The highest BCUT2D eigenvalue weighted by molar-refractivity contribution is 7.21. The van der Waals surface area contributed by atoms with Gasteiger partial charge in [-0.2, -0.15) is 0 Å². The molecule has 6 heteroatoms. The normalized spacial score (nSPS) is 10.9. The molecule has 0 saturated heterocycles. The van der Waals surface area contributed by atoms with Crippen molar-refractivity contribution in [2.45, 2.75) is 0 Å². The van der Waals surface area contributed by atoms with Crippen molar-refractivity contribution in [1.82, 2.24) is 15.0 Å². The third kappa shape index (κ3) is 1.83. The summed E-state index contributed by atoms with van der Waals surface area (Å²) in [7, 11) is 0. The third-order valence-corrected chi connectivity index (χ3v) is 3.62. The molecule has 1 aromatic carbocycles. The smallest absolute Gasteiger partial charge is 0.190 e. The molecule has 17 heavy (non-hydrogen) atoms. The Bertz CT molecular complexity index is 662. The van der Waals surface area contributed by atoms with Crippen LogP contribution in [-0.4, -0.2) is 15.0 Å². The summed E-state index contributed by atoms with van der Waals surface area (Å²) in [5.74, 6) is 0. The molecular weight excluding hydrogens is 256 g/mol. The van der Waals surface area contributed by atoms with E-state index in [9.17, 15) is 0 Å². The first kappa shape index (κ1) is 10.4. The second kappa shape index (κ2) is 3.94. The van der Waals surface area contributed by atoms with Gasteiger partial charge in [-0.05, 0) is 18.2 Å². The first-order chi connectivity index (χ1) is 8.24. The summed E-state index contributed by atoms with van der Waals surface area (Å²) in [5, 5.41) is 1.37. The summed E-state index contributed by atoms with van der Waals surface area (Å²) in [5.41, 5.74) is 7.81. The summed E-state index contributed by atoms with van der Waals surface area (Å²) in [6.45, 7) is 0. The Labute approximate surface area is 106 Å². The lowest BCUT2D eigenvalue weighted by atomic mass is 10.2. The molecule has 2 aromatic heterocycles. The summed E-state index contributed by atoms with van der Waals surface area (Å²) in [6, 6.07) is 5.46. The number of rotatable bonds is 1. The zero-order valence-corrected chi connectivity index (χ0v) is 10.2. The molecule has 0 fully saturated rings. The highest BCUT2D eigenvalue weighted by Crippen LogP contribution is 2.31. The Hall–Kier alpha value is -1.72. The van der Waals surface area contributed by atoms with Crippen LogP contribution in [0.15, 0.2) is 30.6 Å². The fourth-order valence-corrected chi connectivity index (χ4v) is 2.50. The standard InChI is InChI=1S/C11H7ClN4S/c12-7-5-6(1-2-8(7)13)10-16-9-11(17-10)15-4-3-14-9/h1-5H,13H2. The van der Waals surface area contributed by atoms with Gasteiger partial charge in [0.1, 0.15) is 5.01 Å². The van der Waals surface area contributed by atoms with Crippen molar-refractivity contribution in [2.75, 3.05) is 5.73 Å². The number of hydrogen-bond acceptors (Lipinski definition) is 5. The molecule has 0 amide bonds. The minimum atomic E-state index is 0.530. The van der Waals surface area contributed by atoms with Crippen molar-refractivity contribution in [3.05, 3.63) is 35.6 Å². The Balaban J connectivity index is 2.17. The van der Waals surface area contributed by atoms with Gasteiger partial charge in [0.05, 0.1) is 10.7 Å². The second-order valence-corrected chi connectivity index (χ2v) is 4.83. The van der Waals surface area contributed by atoms with Gasteiger partial charge in [0.2, 0.25) is 0 Å². The summed E-state index contributed by atoms with van der Waals surface area (Å²) in [4.78, 5) is 13.6. The first-order valence-corrected chi connectivity index (χ1v) is 6.06. The van der Waals surface area contributed by atoms with Crippen LogP contribution in [0.4, 0.5) is 5.69 Å². The van der Waals surface area contributed by atoms with Crippen molar-refractivity contribution < 1.29 is 0 Å². The van der Waals surface area contributed by atoms with Gasteiger partial charge in [-0.15, -0.1) is 0 Å². The fourth-order valence-electron chi connectivity index (χ4n) is 1.46. The molecule has 3 rings (SSSR count). The molecule has 4 nitrogen and oxygen atoms in total. The van der Waals surface area contributed by atoms with Gasteiger partial charge in [-0.3, -0.25) is 0 Å². The van der Waals surface area contributed by atoms with E-state index in [1.165, 1.54) is 11.3 Å². The summed E-state index contributed by atoms with van der Waals surface area (Å²) >= 11 is 7.46. The van der Waals surface area contributed by atoms with E-state index in [4.69, 9.17) is 17.3 Å². The fraction of sp³-hybridized carbons (Fsp3) is 0. The second-order valence-electron chi connectivity index (χ2n) is 3.44. The lowest BCUT2D eigenvalue weighted by molar-refractivity contribution is 1.26. The molecule has 3 aromatic rings. The molecule has 0 aliphatic carbocycles. The largest absolute Gasteiger partial charge is 0.398 e. The van der Waals surface area contributed by atoms with Crippen LogP contribution in [0.2, 0.25) is 5.02 Å². The maximum atomic E-state index is 5.98. The molecule has 0 unspecified atom stereocenters. The van der Waals surface area contributed by atoms with Gasteiger partial charge >= 0.3 is 0 Å². The van der Waals surface area contributed by atoms with E-state index >= 15 is 0 Å². The molecule has 0 radical (unpaired) electrons. The van der Waals surface area contributed by atoms with Gasteiger partial charge in [0.15, 0.2) is 10.5 Å². The first-order valence-electron chi connectivity index (χ1n) is 4.87. The number of aromatic nitrogens is 3. The van der Waals surface area contributed by atoms with Crippen molar-refractivity contribution in [3.8, 4) is 10.6 Å². The number of thiazole rings is 1. The minimum absolute atomic E-state index is 0.530. The predicted octanol–water partition coefficient (Wildman–Crippen LogP) is 2.99. The molecule has 0 saturated carbocycles. The molecule has 0 spiro atoms. The van der Waals surface area contributed by atoms with Crippen LogP contribution in [0.5, 0.6) is 0 Å². The van der Waals surface area contributed by atoms with E-state index in [1.54, 1.807) is 24.5 Å². The van der Waals surface area contributed by atoms with E-state index in [0.29, 0.717) is 16.4 Å². The molecule has 84 valence electrons. The third-order valence-electron chi connectivity index (χ3n) is 2.29. The minimum Gasteiger partial charge on any atom is -0.398 e. The Morgan fingerprint density at radius 2 is 2.00 bits per heavy atom. The van der Waals surface area contributed by atoms with Gasteiger partial charge in [-0.1, -0.05) is 22.9 Å². The van der Waals surface area contributed by atoms with E-state index in [1.807, 2.05) is 6.07 Å². The van der Waals surface area contributed by atoms with E-state index < -0.39 is 0 Å². The van der Waals surface area contributed by atoms with E-state index in [-0.39, 0.29) is 0 Å². The summed E-state index contributed by atoms with van der Waals surface area (Å²) in [6.07, 6.45) is 3.28. The SMILES string of the molecule is Nc1ccc(-c2nc3nccnc3s2)cc1Cl. The van der Waals surface area contributed by atoms with Crippen molar-refractivity contribution in [1.29, 1.82) is 0 Å². The average molecular weight is 263 g/mol. The zero-order valence-electron chi connectivity index (χ0n) is 8.59. The number of halogens is 1. The quantitative estimate of drug-likeness (QED) is 0.685. The van der Waals surface area contributed by atoms with Gasteiger partial charge < -0.3 is 5.73 Å². The van der Waals surface area contributed by atoms with E-state index in [0.717, 1.165) is 15.4 Å². The average Bonchev–Trinajstić information content (AvgIpc) is 2.76. The number of nitrogens with zero attached hydrogens (tertiary/aromatic N) is 3. The highest BCUT2D eigenvalue weighted by atomic mass is 35.5. The lowest BCUT2D eigenvalue weighted by Gasteiger charge is -1.99. The molecular formula is C11H7ClN4S. The number of hydrogen-bond donors (Lipinski definition) is 1. The molecule has 0 aliphatic rings. The van der Waals surface area contributed by atoms with E-state index in [2.05, 4.69) is 15.0 Å². The van der Waals surface area contributed by atoms with Crippen molar-refractivity contribution >= 4 is 39.1 Å². The number of fused-ring (bicyclic) bond motifs is 1. The Morgan fingerprint density at radius 1 is 1.18 bits per heavy atom. The maximum absolute atomic E-state index is 5.98. The molecule has 2 N–H and O–H groups in total. The molecule has 2 heterocycles. The van der Waals surface area contributed by atoms with Crippen LogP contribution in [-0.2, 0) is 0 Å². The van der Waals surface area contributed by atoms with Crippen LogP contribution in [0.1, 0.15) is 0 Å². The predicted molar refractivity (Wildman–Crippen MR) is 70.1 cm³/mol. The van der Waals surface area contributed by atoms with Gasteiger partial charge in [0.25, 0.3) is 0 Å². The number of nitrogen functional groups attached to an aromatic ring is 1.